The van der Waals surface area contributed by atoms with Crippen LogP contribution in [0.4, 0.5) is 10.1 Å². The number of anilines is 1. The number of benzene rings is 2. The molecule has 0 aromatic heterocycles. The minimum Gasteiger partial charge on any atom is -0.326 e. The molecule has 1 N–H and O–H groups in total. The van der Waals surface area contributed by atoms with Crippen LogP contribution in [0.2, 0.25) is 0 Å². The normalized spacial score (nSPS) is 17.8. The quantitative estimate of drug-likeness (QED) is 0.810. The van der Waals surface area contributed by atoms with Crippen LogP contribution in [0.15, 0.2) is 48.5 Å². The van der Waals surface area contributed by atoms with E-state index in [4.69, 9.17) is 0 Å². The Balaban J connectivity index is 1.48. The maximum absolute atomic E-state index is 13.2. The molecule has 1 aliphatic rings. The Morgan fingerprint density at radius 1 is 1.15 bits per heavy atom. The third kappa shape index (κ3) is 5.40. The van der Waals surface area contributed by atoms with Gasteiger partial charge in [0.25, 0.3) is 0 Å². The Morgan fingerprint density at radius 3 is 2.69 bits per heavy atom. The van der Waals surface area contributed by atoms with Crippen LogP contribution < -0.4 is 5.32 Å². The lowest BCUT2D eigenvalue weighted by Crippen LogP contribution is -2.36. The second-order valence-electron chi connectivity index (χ2n) is 7.19. The van der Waals surface area contributed by atoms with Crippen LogP contribution in [0, 0.1) is 5.82 Å². The van der Waals surface area contributed by atoms with Gasteiger partial charge in [-0.3, -0.25) is 9.69 Å². The molecular formula is C22H27FN2O. The van der Waals surface area contributed by atoms with Crippen LogP contribution in [0.3, 0.4) is 0 Å². The highest BCUT2D eigenvalue weighted by molar-refractivity contribution is 5.90. The van der Waals surface area contributed by atoms with Crippen LogP contribution in [0.1, 0.15) is 43.7 Å². The van der Waals surface area contributed by atoms with Crippen LogP contribution in [-0.2, 0) is 17.8 Å². The largest absolute Gasteiger partial charge is 0.326 e. The summed E-state index contributed by atoms with van der Waals surface area (Å²) in [4.78, 5) is 14.6. The van der Waals surface area contributed by atoms with Crippen LogP contribution in [0.25, 0.3) is 0 Å². The molecule has 1 amide bonds. The lowest BCUT2D eigenvalue weighted by molar-refractivity contribution is -0.116. The van der Waals surface area contributed by atoms with E-state index in [1.807, 2.05) is 18.2 Å². The van der Waals surface area contributed by atoms with E-state index in [0.717, 1.165) is 17.8 Å². The van der Waals surface area contributed by atoms with Gasteiger partial charge in [0.05, 0.1) is 0 Å². The summed E-state index contributed by atoms with van der Waals surface area (Å²) in [5.74, 6) is -0.312. The zero-order valence-corrected chi connectivity index (χ0v) is 15.4. The van der Waals surface area contributed by atoms with E-state index < -0.39 is 0 Å². The van der Waals surface area contributed by atoms with E-state index in [2.05, 4.69) is 29.3 Å². The van der Waals surface area contributed by atoms with Crippen molar-refractivity contribution < 1.29 is 9.18 Å². The van der Waals surface area contributed by atoms with Gasteiger partial charge in [0.1, 0.15) is 5.82 Å². The second-order valence-corrected chi connectivity index (χ2v) is 7.19. The summed E-state index contributed by atoms with van der Waals surface area (Å²) in [5, 5.41) is 2.92. The van der Waals surface area contributed by atoms with E-state index in [1.165, 1.54) is 43.5 Å². The van der Waals surface area contributed by atoms with Crippen molar-refractivity contribution in [2.75, 3.05) is 11.9 Å². The standard InChI is InChI=1S/C22H27FN2O/c1-17-5-2-3-14-25(17)16-19-8-11-21(12-9-19)24-22(26)13-10-18-6-4-7-20(23)15-18/h4,6-9,11-12,15,17H,2-3,5,10,13-14,16H2,1H3,(H,24,26). The van der Waals surface area contributed by atoms with Crippen molar-refractivity contribution in [1.29, 1.82) is 0 Å². The number of hydrogen-bond acceptors (Lipinski definition) is 2. The molecule has 0 radical (unpaired) electrons. The van der Waals surface area contributed by atoms with Crippen molar-refractivity contribution in [3.8, 4) is 0 Å². The fourth-order valence-electron chi connectivity index (χ4n) is 3.49. The summed E-state index contributed by atoms with van der Waals surface area (Å²) >= 11 is 0. The lowest BCUT2D eigenvalue weighted by atomic mass is 10.0. The first-order valence-electron chi connectivity index (χ1n) is 9.47. The van der Waals surface area contributed by atoms with E-state index in [9.17, 15) is 9.18 Å². The Labute approximate surface area is 155 Å². The zero-order valence-electron chi connectivity index (χ0n) is 15.4. The molecule has 1 atom stereocenters. The van der Waals surface area contributed by atoms with Gasteiger partial charge >= 0.3 is 0 Å². The third-order valence-corrected chi connectivity index (χ3v) is 5.09. The van der Waals surface area contributed by atoms with Crippen molar-refractivity contribution in [2.24, 2.45) is 0 Å². The van der Waals surface area contributed by atoms with Crippen LogP contribution in [-0.4, -0.2) is 23.4 Å². The number of likely N-dealkylation sites (tertiary alicyclic amines) is 1. The predicted octanol–water partition coefficient (Wildman–Crippen LogP) is 4.77. The molecule has 1 fully saturated rings. The van der Waals surface area contributed by atoms with Gasteiger partial charge in [-0.05, 0) is 68.1 Å². The van der Waals surface area contributed by atoms with Crippen molar-refractivity contribution in [3.05, 3.63) is 65.5 Å². The fourth-order valence-corrected chi connectivity index (χ4v) is 3.49. The van der Waals surface area contributed by atoms with Gasteiger partial charge in [0.15, 0.2) is 0 Å². The zero-order chi connectivity index (χ0) is 18.4. The predicted molar refractivity (Wildman–Crippen MR) is 104 cm³/mol. The number of amides is 1. The molecule has 1 aliphatic heterocycles. The molecule has 1 unspecified atom stereocenters. The number of hydrogen-bond donors (Lipinski definition) is 1. The number of aryl methyl sites for hydroxylation is 1. The van der Waals surface area contributed by atoms with Gasteiger partial charge in [0, 0.05) is 24.7 Å². The Bertz CT molecular complexity index is 729. The Hall–Kier alpha value is -2.20. The average molecular weight is 354 g/mol. The first-order valence-corrected chi connectivity index (χ1v) is 9.47. The lowest BCUT2D eigenvalue weighted by Gasteiger charge is -2.33. The van der Waals surface area contributed by atoms with Crippen molar-refractivity contribution in [1.82, 2.24) is 4.90 Å². The summed E-state index contributed by atoms with van der Waals surface area (Å²) in [6.45, 7) is 4.43. The van der Waals surface area contributed by atoms with Gasteiger partial charge in [-0.1, -0.05) is 30.7 Å². The summed E-state index contributed by atoms with van der Waals surface area (Å²) in [7, 11) is 0. The summed E-state index contributed by atoms with van der Waals surface area (Å²) < 4.78 is 13.2. The molecule has 1 saturated heterocycles. The molecule has 26 heavy (non-hydrogen) atoms. The molecule has 2 aromatic rings. The molecule has 0 aliphatic carbocycles. The second kappa shape index (κ2) is 8.95. The number of piperidine rings is 1. The molecule has 1 heterocycles. The Morgan fingerprint density at radius 2 is 1.96 bits per heavy atom. The first-order chi connectivity index (χ1) is 12.6. The molecule has 0 bridgehead atoms. The number of rotatable bonds is 6. The molecule has 2 aromatic carbocycles. The highest BCUT2D eigenvalue weighted by Crippen LogP contribution is 2.20. The molecule has 0 spiro atoms. The van der Waals surface area contributed by atoms with Crippen LogP contribution in [0.5, 0.6) is 0 Å². The van der Waals surface area contributed by atoms with E-state index in [-0.39, 0.29) is 11.7 Å². The smallest absolute Gasteiger partial charge is 0.224 e. The monoisotopic (exact) mass is 354 g/mol. The molecular weight excluding hydrogens is 327 g/mol. The highest BCUT2D eigenvalue weighted by Gasteiger charge is 2.17. The van der Waals surface area contributed by atoms with E-state index in [0.29, 0.717) is 18.9 Å². The minimum atomic E-state index is -0.262. The van der Waals surface area contributed by atoms with Crippen LogP contribution >= 0.6 is 0 Å². The summed E-state index contributed by atoms with van der Waals surface area (Å²) in [6, 6.07) is 15.1. The van der Waals surface area contributed by atoms with Gasteiger partial charge in [-0.15, -0.1) is 0 Å². The van der Waals surface area contributed by atoms with Crippen molar-refractivity contribution in [3.63, 3.8) is 0 Å². The number of carbonyl (C=O) groups excluding carboxylic acids is 1. The summed E-state index contributed by atoms with van der Waals surface area (Å²) in [5.41, 5.74) is 2.92. The maximum atomic E-state index is 13.2. The van der Waals surface area contributed by atoms with Crippen molar-refractivity contribution >= 4 is 11.6 Å². The highest BCUT2D eigenvalue weighted by atomic mass is 19.1. The number of nitrogens with one attached hydrogen (secondary N) is 1. The molecule has 3 nitrogen and oxygen atoms in total. The SMILES string of the molecule is CC1CCCCN1Cc1ccc(NC(=O)CCc2cccc(F)c2)cc1. The topological polar surface area (TPSA) is 32.3 Å². The third-order valence-electron chi connectivity index (χ3n) is 5.09. The first kappa shape index (κ1) is 18.6. The average Bonchev–Trinajstić information content (AvgIpc) is 2.64. The Kier molecular flexibility index (Phi) is 6.40. The van der Waals surface area contributed by atoms with Gasteiger partial charge in [0.2, 0.25) is 5.91 Å². The number of nitrogens with zero attached hydrogens (tertiary/aromatic N) is 1. The van der Waals surface area contributed by atoms with E-state index >= 15 is 0 Å². The van der Waals surface area contributed by atoms with Gasteiger partial charge in [-0.25, -0.2) is 4.39 Å². The molecule has 4 heteroatoms. The number of halogens is 1. The van der Waals surface area contributed by atoms with E-state index in [1.54, 1.807) is 6.07 Å². The molecule has 0 saturated carbocycles. The van der Waals surface area contributed by atoms with Gasteiger partial charge < -0.3 is 5.32 Å². The molecule has 138 valence electrons. The summed E-state index contributed by atoms with van der Waals surface area (Å²) in [6.07, 6.45) is 4.77. The van der Waals surface area contributed by atoms with Gasteiger partial charge in [-0.2, -0.15) is 0 Å². The molecule has 3 rings (SSSR count). The fraction of sp³-hybridized carbons (Fsp3) is 0.409. The maximum Gasteiger partial charge on any atom is 0.224 e. The number of carbonyl (C=O) groups is 1. The minimum absolute atomic E-state index is 0.0494. The van der Waals surface area contributed by atoms with Crippen molar-refractivity contribution in [2.45, 2.75) is 51.6 Å².